The lowest BCUT2D eigenvalue weighted by Crippen LogP contribution is -2.44. The number of nitrogens with zero attached hydrogens (tertiary/aromatic N) is 1. The monoisotopic (exact) mass is 171 g/mol. The molecule has 0 aromatic heterocycles. The summed E-state index contributed by atoms with van der Waals surface area (Å²) in [6.07, 6.45) is 1.23. The van der Waals surface area contributed by atoms with E-state index >= 15 is 0 Å². The summed E-state index contributed by atoms with van der Waals surface area (Å²) < 4.78 is 5.46. The summed E-state index contributed by atoms with van der Waals surface area (Å²) in [6, 6.07) is 0.624. The molecule has 0 radical (unpaired) electrons. The first-order valence-electron chi connectivity index (χ1n) is 4.77. The zero-order valence-electron chi connectivity index (χ0n) is 8.76. The van der Waals surface area contributed by atoms with E-state index in [1.807, 2.05) is 0 Å². The quantitative estimate of drug-likeness (QED) is 0.596. The minimum Gasteiger partial charge on any atom is -0.378 e. The fourth-order valence-electron chi connectivity index (χ4n) is 1.66. The fraction of sp³-hybridized carbons (Fsp3) is 1.00. The van der Waals surface area contributed by atoms with Crippen LogP contribution in [0, 0.1) is 5.41 Å². The average molecular weight is 171 g/mol. The van der Waals surface area contributed by atoms with Gasteiger partial charge < -0.3 is 4.74 Å². The van der Waals surface area contributed by atoms with Crippen molar-refractivity contribution in [2.24, 2.45) is 5.41 Å². The van der Waals surface area contributed by atoms with E-state index in [4.69, 9.17) is 4.74 Å². The minimum atomic E-state index is 0.416. The molecule has 1 aliphatic rings. The van der Waals surface area contributed by atoms with Gasteiger partial charge in [-0.05, 0) is 18.9 Å². The molecular formula is C10H21NO. The van der Waals surface area contributed by atoms with E-state index in [0.29, 0.717) is 11.5 Å². The van der Waals surface area contributed by atoms with Gasteiger partial charge in [0.25, 0.3) is 0 Å². The normalized spacial score (nSPS) is 27.5. The molecule has 1 rings (SSSR count). The van der Waals surface area contributed by atoms with Crippen molar-refractivity contribution in [2.45, 2.75) is 33.2 Å². The van der Waals surface area contributed by atoms with E-state index in [0.717, 1.165) is 19.8 Å². The van der Waals surface area contributed by atoms with Crippen LogP contribution in [0.3, 0.4) is 0 Å². The molecule has 0 saturated carbocycles. The van der Waals surface area contributed by atoms with Gasteiger partial charge >= 0.3 is 0 Å². The van der Waals surface area contributed by atoms with Crippen LogP contribution < -0.4 is 0 Å². The minimum absolute atomic E-state index is 0.416. The van der Waals surface area contributed by atoms with E-state index in [1.54, 1.807) is 0 Å². The van der Waals surface area contributed by atoms with Gasteiger partial charge in [0.05, 0.1) is 13.2 Å². The molecule has 1 saturated heterocycles. The third-order valence-corrected chi connectivity index (χ3v) is 2.37. The molecule has 72 valence electrons. The molecule has 1 heterocycles. The Labute approximate surface area is 75.9 Å². The predicted molar refractivity (Wildman–Crippen MR) is 51.3 cm³/mol. The van der Waals surface area contributed by atoms with E-state index in [1.165, 1.54) is 6.42 Å². The number of morpholine rings is 1. The summed E-state index contributed by atoms with van der Waals surface area (Å²) in [5.74, 6) is 0. The second-order valence-electron chi connectivity index (χ2n) is 4.97. The lowest BCUT2D eigenvalue weighted by molar-refractivity contribution is -0.00834. The van der Waals surface area contributed by atoms with Crippen molar-refractivity contribution in [1.29, 1.82) is 0 Å². The first-order valence-corrected chi connectivity index (χ1v) is 4.77. The van der Waals surface area contributed by atoms with Crippen molar-refractivity contribution < 1.29 is 4.74 Å². The molecule has 12 heavy (non-hydrogen) atoms. The van der Waals surface area contributed by atoms with Crippen LogP contribution in [0.1, 0.15) is 27.2 Å². The molecule has 0 aliphatic carbocycles. The predicted octanol–water partition coefficient (Wildman–Crippen LogP) is 1.75. The first kappa shape index (κ1) is 10.0. The Bertz CT molecular complexity index is 139. The molecule has 0 spiro atoms. The molecule has 0 amide bonds. The van der Waals surface area contributed by atoms with Crippen LogP contribution >= 0.6 is 0 Å². The zero-order chi connectivity index (χ0) is 9.19. The number of hydrogen-bond acceptors (Lipinski definition) is 2. The van der Waals surface area contributed by atoms with Crippen molar-refractivity contribution >= 4 is 0 Å². The highest BCUT2D eigenvalue weighted by atomic mass is 16.5. The lowest BCUT2D eigenvalue weighted by atomic mass is 9.87. The Morgan fingerprint density at radius 1 is 1.42 bits per heavy atom. The maximum absolute atomic E-state index is 5.46. The molecule has 1 atom stereocenters. The summed E-state index contributed by atoms with van der Waals surface area (Å²) in [7, 11) is 2.19. The third kappa shape index (κ3) is 3.11. The molecular weight excluding hydrogens is 150 g/mol. The van der Waals surface area contributed by atoms with E-state index in [2.05, 4.69) is 32.7 Å². The zero-order valence-corrected chi connectivity index (χ0v) is 8.76. The van der Waals surface area contributed by atoms with Gasteiger partial charge in [-0.2, -0.15) is 0 Å². The average Bonchev–Trinajstić information content (AvgIpc) is 1.91. The van der Waals surface area contributed by atoms with E-state index in [9.17, 15) is 0 Å². The molecule has 2 nitrogen and oxygen atoms in total. The summed E-state index contributed by atoms with van der Waals surface area (Å²) in [5, 5.41) is 0. The number of hydrogen-bond donors (Lipinski definition) is 0. The Morgan fingerprint density at radius 3 is 2.58 bits per heavy atom. The van der Waals surface area contributed by atoms with Crippen LogP contribution in [0.2, 0.25) is 0 Å². The van der Waals surface area contributed by atoms with Crippen LogP contribution in [0.5, 0.6) is 0 Å². The second-order valence-corrected chi connectivity index (χ2v) is 4.97. The summed E-state index contributed by atoms with van der Waals surface area (Å²) in [6.45, 7) is 9.76. The van der Waals surface area contributed by atoms with Crippen LogP contribution in [0.15, 0.2) is 0 Å². The summed E-state index contributed by atoms with van der Waals surface area (Å²) in [5.41, 5.74) is 0.416. The van der Waals surface area contributed by atoms with Gasteiger partial charge in [0.15, 0.2) is 0 Å². The Morgan fingerprint density at radius 2 is 2.08 bits per heavy atom. The van der Waals surface area contributed by atoms with Gasteiger partial charge in [-0.15, -0.1) is 0 Å². The molecule has 2 heteroatoms. The number of likely N-dealkylation sites (N-methyl/N-ethyl adjacent to an activating group) is 1. The Balaban J connectivity index is 2.39. The van der Waals surface area contributed by atoms with Gasteiger partial charge in [-0.1, -0.05) is 20.8 Å². The molecule has 0 aromatic rings. The number of rotatable bonds is 1. The maximum atomic E-state index is 5.46. The van der Waals surface area contributed by atoms with Gasteiger partial charge in [-0.3, -0.25) is 4.90 Å². The SMILES string of the molecule is CN1CCOCC1CC(C)(C)C. The van der Waals surface area contributed by atoms with Crippen molar-refractivity contribution in [3.05, 3.63) is 0 Å². The molecule has 1 fully saturated rings. The first-order chi connectivity index (χ1) is 5.49. The van der Waals surface area contributed by atoms with Crippen molar-refractivity contribution in [3.8, 4) is 0 Å². The summed E-state index contributed by atoms with van der Waals surface area (Å²) >= 11 is 0. The topological polar surface area (TPSA) is 12.5 Å². The van der Waals surface area contributed by atoms with Crippen molar-refractivity contribution in [2.75, 3.05) is 26.8 Å². The molecule has 0 bridgehead atoms. The molecule has 1 aliphatic heterocycles. The largest absolute Gasteiger partial charge is 0.378 e. The maximum Gasteiger partial charge on any atom is 0.0622 e. The highest BCUT2D eigenvalue weighted by Gasteiger charge is 2.24. The van der Waals surface area contributed by atoms with Gasteiger partial charge in [0, 0.05) is 12.6 Å². The van der Waals surface area contributed by atoms with Gasteiger partial charge in [0.1, 0.15) is 0 Å². The standard InChI is InChI=1S/C10H21NO/c1-10(2,3)7-9-8-12-6-5-11(9)4/h9H,5-8H2,1-4H3. The van der Waals surface area contributed by atoms with E-state index < -0.39 is 0 Å². The van der Waals surface area contributed by atoms with Crippen LogP contribution in [0.25, 0.3) is 0 Å². The van der Waals surface area contributed by atoms with Crippen LogP contribution in [0.4, 0.5) is 0 Å². The van der Waals surface area contributed by atoms with E-state index in [-0.39, 0.29) is 0 Å². The summed E-state index contributed by atoms with van der Waals surface area (Å²) in [4.78, 5) is 2.41. The molecule has 1 unspecified atom stereocenters. The highest BCUT2D eigenvalue weighted by molar-refractivity contribution is 4.77. The van der Waals surface area contributed by atoms with Crippen LogP contribution in [-0.4, -0.2) is 37.7 Å². The van der Waals surface area contributed by atoms with Crippen molar-refractivity contribution in [3.63, 3.8) is 0 Å². The smallest absolute Gasteiger partial charge is 0.0622 e. The Kier molecular flexibility index (Phi) is 3.13. The van der Waals surface area contributed by atoms with Gasteiger partial charge in [0.2, 0.25) is 0 Å². The fourth-order valence-corrected chi connectivity index (χ4v) is 1.66. The van der Waals surface area contributed by atoms with Crippen LogP contribution in [-0.2, 0) is 4.74 Å². The van der Waals surface area contributed by atoms with Crippen molar-refractivity contribution in [1.82, 2.24) is 4.90 Å². The van der Waals surface area contributed by atoms with Gasteiger partial charge in [-0.25, -0.2) is 0 Å². The third-order valence-electron chi connectivity index (χ3n) is 2.37. The molecule has 0 N–H and O–H groups in total. The Hall–Kier alpha value is -0.0800. The lowest BCUT2D eigenvalue weighted by Gasteiger charge is -2.36. The molecule has 0 aromatic carbocycles. The highest BCUT2D eigenvalue weighted by Crippen LogP contribution is 2.24. The number of ether oxygens (including phenoxy) is 1. The second kappa shape index (κ2) is 3.75.